The molecule has 2 N–H and O–H groups in total. The third-order valence-corrected chi connectivity index (χ3v) is 6.34. The number of hydrogen-bond acceptors (Lipinski definition) is 5. The highest BCUT2D eigenvalue weighted by Crippen LogP contribution is 2.32. The molecule has 0 radical (unpaired) electrons. The summed E-state index contributed by atoms with van der Waals surface area (Å²) in [5.41, 5.74) is 4.62. The molecule has 6 heteroatoms. The number of hydrogen-bond donors (Lipinski definition) is 2. The van der Waals surface area contributed by atoms with Gasteiger partial charge in [0.05, 0.1) is 0 Å². The Kier molecular flexibility index (Phi) is 5.10. The van der Waals surface area contributed by atoms with Crippen LogP contribution in [-0.4, -0.2) is 40.7 Å². The Bertz CT molecular complexity index is 965. The molecule has 29 heavy (non-hydrogen) atoms. The van der Waals surface area contributed by atoms with Crippen LogP contribution in [0.5, 0.6) is 0 Å². The van der Waals surface area contributed by atoms with Gasteiger partial charge in [-0.2, -0.15) is 4.98 Å². The number of piperazine rings is 1. The van der Waals surface area contributed by atoms with Gasteiger partial charge in [-0.15, -0.1) is 0 Å². The van der Waals surface area contributed by atoms with Crippen LogP contribution < -0.4 is 15.5 Å². The summed E-state index contributed by atoms with van der Waals surface area (Å²) in [7, 11) is 0. The molecule has 0 amide bonds. The molecule has 1 aliphatic carbocycles. The summed E-state index contributed by atoms with van der Waals surface area (Å²) in [4.78, 5) is 11.9. The second-order valence-electron chi connectivity index (χ2n) is 8.35. The van der Waals surface area contributed by atoms with Gasteiger partial charge < -0.3 is 20.1 Å². The van der Waals surface area contributed by atoms with E-state index in [2.05, 4.69) is 62.5 Å². The van der Waals surface area contributed by atoms with Crippen LogP contribution in [0.1, 0.15) is 43.7 Å². The molecule has 0 unspecified atom stereocenters. The fraction of sp³-hybridized carbons (Fsp3) is 0.478. The molecule has 1 saturated carbocycles. The summed E-state index contributed by atoms with van der Waals surface area (Å²) in [6.07, 6.45) is 10.7. The van der Waals surface area contributed by atoms with E-state index in [1.54, 1.807) is 0 Å². The van der Waals surface area contributed by atoms with Gasteiger partial charge in [0.25, 0.3) is 0 Å². The SMILES string of the molecule is Cc1cn(C2CCCCC2)c2nc(Nc3ccc(N4CCNCC4)cc3)ncc12. The minimum Gasteiger partial charge on any atom is -0.369 e. The van der Waals surface area contributed by atoms with E-state index < -0.39 is 0 Å². The maximum absolute atomic E-state index is 4.90. The number of nitrogens with zero attached hydrogens (tertiary/aromatic N) is 4. The number of aryl methyl sites for hydroxylation is 1. The highest BCUT2D eigenvalue weighted by atomic mass is 15.2. The lowest BCUT2D eigenvalue weighted by molar-refractivity contribution is 0.359. The predicted octanol–water partition coefficient (Wildman–Crippen LogP) is 4.40. The summed E-state index contributed by atoms with van der Waals surface area (Å²) in [5.74, 6) is 0.669. The van der Waals surface area contributed by atoms with Gasteiger partial charge in [0.1, 0.15) is 5.65 Å². The predicted molar refractivity (Wildman–Crippen MR) is 119 cm³/mol. The fourth-order valence-electron chi connectivity index (χ4n) is 4.69. The molecular weight excluding hydrogens is 360 g/mol. The van der Waals surface area contributed by atoms with E-state index in [0.29, 0.717) is 12.0 Å². The molecule has 1 aliphatic heterocycles. The second kappa shape index (κ2) is 8.03. The summed E-state index contributed by atoms with van der Waals surface area (Å²) < 4.78 is 2.39. The zero-order chi connectivity index (χ0) is 19.6. The summed E-state index contributed by atoms with van der Waals surface area (Å²) >= 11 is 0. The van der Waals surface area contributed by atoms with Crippen molar-refractivity contribution in [2.24, 2.45) is 0 Å². The number of benzene rings is 1. The van der Waals surface area contributed by atoms with E-state index in [0.717, 1.165) is 42.9 Å². The first-order valence-corrected chi connectivity index (χ1v) is 10.9. The second-order valence-corrected chi connectivity index (χ2v) is 8.35. The van der Waals surface area contributed by atoms with Crippen molar-refractivity contribution in [3.8, 4) is 0 Å². The number of nitrogens with one attached hydrogen (secondary N) is 2. The van der Waals surface area contributed by atoms with Crippen molar-refractivity contribution >= 4 is 28.4 Å². The Balaban J connectivity index is 1.37. The highest BCUT2D eigenvalue weighted by molar-refractivity contribution is 5.81. The normalized spacial score (nSPS) is 18.3. The first-order chi connectivity index (χ1) is 14.3. The average molecular weight is 391 g/mol. The molecule has 2 fully saturated rings. The lowest BCUT2D eigenvalue weighted by Crippen LogP contribution is -2.43. The van der Waals surface area contributed by atoms with Crippen molar-refractivity contribution < 1.29 is 0 Å². The molecule has 2 aromatic heterocycles. The number of aromatic nitrogens is 3. The van der Waals surface area contributed by atoms with Crippen LogP contribution >= 0.6 is 0 Å². The van der Waals surface area contributed by atoms with E-state index in [-0.39, 0.29) is 0 Å². The van der Waals surface area contributed by atoms with Gasteiger partial charge in [0.15, 0.2) is 0 Å². The van der Waals surface area contributed by atoms with Gasteiger partial charge in [-0.25, -0.2) is 4.98 Å². The van der Waals surface area contributed by atoms with Crippen LogP contribution in [0.3, 0.4) is 0 Å². The van der Waals surface area contributed by atoms with Crippen molar-refractivity contribution in [1.29, 1.82) is 0 Å². The van der Waals surface area contributed by atoms with E-state index >= 15 is 0 Å². The van der Waals surface area contributed by atoms with Crippen molar-refractivity contribution in [3.63, 3.8) is 0 Å². The number of fused-ring (bicyclic) bond motifs is 1. The molecule has 0 bridgehead atoms. The summed E-state index contributed by atoms with van der Waals surface area (Å²) in [6, 6.07) is 9.18. The Morgan fingerprint density at radius 1 is 1.03 bits per heavy atom. The third kappa shape index (κ3) is 3.81. The molecule has 0 atom stereocenters. The van der Waals surface area contributed by atoms with Crippen LogP contribution in [0.4, 0.5) is 17.3 Å². The van der Waals surface area contributed by atoms with Gasteiger partial charge in [0.2, 0.25) is 5.95 Å². The molecule has 0 spiro atoms. The molecule has 1 aromatic carbocycles. The zero-order valence-corrected chi connectivity index (χ0v) is 17.2. The minimum atomic E-state index is 0.570. The van der Waals surface area contributed by atoms with Gasteiger partial charge in [-0.1, -0.05) is 19.3 Å². The molecule has 3 heterocycles. The lowest BCUT2D eigenvalue weighted by Gasteiger charge is -2.29. The average Bonchev–Trinajstić information content (AvgIpc) is 3.11. The maximum Gasteiger partial charge on any atom is 0.229 e. The first-order valence-electron chi connectivity index (χ1n) is 10.9. The molecule has 5 rings (SSSR count). The van der Waals surface area contributed by atoms with Crippen LogP contribution in [-0.2, 0) is 0 Å². The van der Waals surface area contributed by atoms with Crippen LogP contribution in [0.2, 0.25) is 0 Å². The van der Waals surface area contributed by atoms with E-state index in [4.69, 9.17) is 4.98 Å². The maximum atomic E-state index is 4.90. The summed E-state index contributed by atoms with van der Waals surface area (Å²) in [5, 5.41) is 7.96. The van der Waals surface area contributed by atoms with Crippen molar-refractivity contribution in [2.45, 2.75) is 45.1 Å². The van der Waals surface area contributed by atoms with Crippen molar-refractivity contribution in [1.82, 2.24) is 19.9 Å². The number of rotatable bonds is 4. The summed E-state index contributed by atoms with van der Waals surface area (Å²) in [6.45, 7) is 6.38. The highest BCUT2D eigenvalue weighted by Gasteiger charge is 2.19. The zero-order valence-electron chi connectivity index (χ0n) is 17.2. The molecule has 3 aromatic rings. The van der Waals surface area contributed by atoms with Gasteiger partial charge in [-0.05, 0) is 49.6 Å². The monoisotopic (exact) mass is 390 g/mol. The van der Waals surface area contributed by atoms with Crippen LogP contribution in [0.15, 0.2) is 36.7 Å². The van der Waals surface area contributed by atoms with E-state index in [1.165, 1.54) is 43.4 Å². The van der Waals surface area contributed by atoms with E-state index in [1.807, 2.05) is 6.20 Å². The Labute approximate surface area is 172 Å². The Hall–Kier alpha value is -2.60. The fourth-order valence-corrected chi connectivity index (χ4v) is 4.69. The molecule has 152 valence electrons. The topological polar surface area (TPSA) is 58.0 Å². The smallest absolute Gasteiger partial charge is 0.229 e. The van der Waals surface area contributed by atoms with Gasteiger partial charge in [-0.3, -0.25) is 0 Å². The number of anilines is 3. The molecule has 6 nitrogen and oxygen atoms in total. The van der Waals surface area contributed by atoms with Crippen LogP contribution in [0.25, 0.3) is 11.0 Å². The van der Waals surface area contributed by atoms with Crippen LogP contribution in [0, 0.1) is 6.92 Å². The first kappa shape index (κ1) is 18.4. The van der Waals surface area contributed by atoms with Gasteiger partial charge >= 0.3 is 0 Å². The van der Waals surface area contributed by atoms with E-state index in [9.17, 15) is 0 Å². The molecule has 1 saturated heterocycles. The van der Waals surface area contributed by atoms with Crippen molar-refractivity contribution in [2.75, 3.05) is 36.4 Å². The third-order valence-electron chi connectivity index (χ3n) is 6.34. The minimum absolute atomic E-state index is 0.570. The quantitative estimate of drug-likeness (QED) is 0.692. The molecule has 2 aliphatic rings. The van der Waals surface area contributed by atoms with Gasteiger partial charge in [0, 0.05) is 61.4 Å². The molecular formula is C23H30N6. The lowest BCUT2D eigenvalue weighted by atomic mass is 9.95. The largest absolute Gasteiger partial charge is 0.369 e. The van der Waals surface area contributed by atoms with Crippen molar-refractivity contribution in [3.05, 3.63) is 42.2 Å². The Morgan fingerprint density at radius 2 is 1.79 bits per heavy atom. The Morgan fingerprint density at radius 3 is 2.55 bits per heavy atom. The standard InChI is InChI=1S/C23H30N6/c1-17-16-29(20-5-3-2-4-6-20)22-21(17)15-25-23(27-22)26-18-7-9-19(10-8-18)28-13-11-24-12-14-28/h7-10,15-16,20,24H,2-6,11-14H2,1H3,(H,25,26,27).